The van der Waals surface area contributed by atoms with E-state index in [2.05, 4.69) is 24.4 Å². The van der Waals surface area contributed by atoms with Gasteiger partial charge in [0.05, 0.1) is 18.7 Å². The van der Waals surface area contributed by atoms with Crippen molar-refractivity contribution >= 4 is 11.8 Å². The topological polar surface area (TPSA) is 58.6 Å². The largest absolute Gasteiger partial charge is 0.369 e. The molecule has 1 aromatic carbocycles. The minimum absolute atomic E-state index is 0.000929. The minimum atomic E-state index is -0.0684. The van der Waals surface area contributed by atoms with E-state index in [0.29, 0.717) is 19.6 Å². The highest BCUT2D eigenvalue weighted by Gasteiger charge is 2.36. The van der Waals surface area contributed by atoms with E-state index in [4.69, 9.17) is 4.74 Å². The second kappa shape index (κ2) is 9.56. The van der Waals surface area contributed by atoms with Crippen molar-refractivity contribution in [3.8, 4) is 0 Å². The summed E-state index contributed by atoms with van der Waals surface area (Å²) in [6.07, 6.45) is 3.19. The maximum Gasteiger partial charge on any atom is 0.223 e. The molecule has 1 fully saturated rings. The molecule has 0 unspecified atom stereocenters. The normalized spacial score (nSPS) is 23.3. The molecule has 2 amide bonds. The molecule has 5 nitrogen and oxygen atoms in total. The van der Waals surface area contributed by atoms with Gasteiger partial charge in [0.1, 0.15) is 6.10 Å². The van der Waals surface area contributed by atoms with Crippen LogP contribution < -0.4 is 5.32 Å². The van der Waals surface area contributed by atoms with Crippen LogP contribution in [0.25, 0.3) is 0 Å². The number of carbonyl (C=O) groups is 2. The number of unbranched alkanes of at least 4 members (excludes halogenated alkanes) is 2. The SMILES string of the molecule is CC(=O)NCCCCCC(=O)N1[C@H](C)CO[C@@H](c2ccccc2)[C@@H]1C. The van der Waals surface area contributed by atoms with Crippen LogP contribution in [-0.2, 0) is 14.3 Å². The van der Waals surface area contributed by atoms with Crippen LogP contribution in [0.15, 0.2) is 30.3 Å². The summed E-state index contributed by atoms with van der Waals surface area (Å²) < 4.78 is 6.01. The number of rotatable bonds is 7. The van der Waals surface area contributed by atoms with E-state index < -0.39 is 0 Å². The highest BCUT2D eigenvalue weighted by atomic mass is 16.5. The smallest absolute Gasteiger partial charge is 0.223 e. The van der Waals surface area contributed by atoms with Crippen LogP contribution in [0.4, 0.5) is 0 Å². The van der Waals surface area contributed by atoms with Gasteiger partial charge in [-0.15, -0.1) is 0 Å². The molecule has 0 bridgehead atoms. The summed E-state index contributed by atoms with van der Waals surface area (Å²) in [4.78, 5) is 25.6. The molecule has 1 aliphatic heterocycles. The molecule has 25 heavy (non-hydrogen) atoms. The quantitative estimate of drug-likeness (QED) is 0.772. The molecular weight excluding hydrogens is 316 g/mol. The zero-order valence-electron chi connectivity index (χ0n) is 15.5. The predicted molar refractivity (Wildman–Crippen MR) is 98.1 cm³/mol. The Labute approximate surface area is 150 Å². The van der Waals surface area contributed by atoms with Gasteiger partial charge in [-0.25, -0.2) is 0 Å². The zero-order chi connectivity index (χ0) is 18.2. The fourth-order valence-corrected chi connectivity index (χ4v) is 3.47. The molecule has 5 heteroatoms. The van der Waals surface area contributed by atoms with Crippen LogP contribution in [0.3, 0.4) is 0 Å². The van der Waals surface area contributed by atoms with Gasteiger partial charge in [-0.2, -0.15) is 0 Å². The van der Waals surface area contributed by atoms with Crippen LogP contribution in [0.1, 0.15) is 58.1 Å². The molecule has 1 N–H and O–H groups in total. The van der Waals surface area contributed by atoms with Crippen molar-refractivity contribution in [3.05, 3.63) is 35.9 Å². The Kier molecular flexibility index (Phi) is 7.44. The van der Waals surface area contributed by atoms with Crippen molar-refractivity contribution in [1.29, 1.82) is 0 Å². The lowest BCUT2D eigenvalue weighted by Gasteiger charge is -2.44. The molecule has 0 aliphatic carbocycles. The first-order valence-electron chi connectivity index (χ1n) is 9.23. The maximum absolute atomic E-state index is 12.7. The van der Waals surface area contributed by atoms with Crippen molar-refractivity contribution in [1.82, 2.24) is 10.2 Å². The van der Waals surface area contributed by atoms with Crippen LogP contribution in [0.2, 0.25) is 0 Å². The number of carbonyl (C=O) groups excluding carboxylic acids is 2. The summed E-state index contributed by atoms with van der Waals surface area (Å²) in [7, 11) is 0. The molecule has 1 heterocycles. The molecule has 138 valence electrons. The lowest BCUT2D eigenvalue weighted by molar-refractivity contribution is -0.153. The maximum atomic E-state index is 12.7. The van der Waals surface area contributed by atoms with Gasteiger partial charge in [-0.3, -0.25) is 9.59 Å². The summed E-state index contributed by atoms with van der Waals surface area (Å²) in [5.41, 5.74) is 1.12. The molecule has 0 saturated carbocycles. The Morgan fingerprint density at radius 2 is 1.88 bits per heavy atom. The van der Waals surface area contributed by atoms with E-state index >= 15 is 0 Å². The summed E-state index contributed by atoms with van der Waals surface area (Å²) in [5.74, 6) is 0.197. The molecule has 0 radical (unpaired) electrons. The molecule has 1 saturated heterocycles. The number of nitrogens with zero attached hydrogens (tertiary/aromatic N) is 1. The second-order valence-electron chi connectivity index (χ2n) is 6.85. The van der Waals surface area contributed by atoms with E-state index in [-0.39, 0.29) is 30.0 Å². The molecular formula is C20H30N2O3. The molecule has 2 rings (SSSR count). The third kappa shape index (κ3) is 5.56. The number of hydrogen-bond donors (Lipinski definition) is 1. The van der Waals surface area contributed by atoms with E-state index in [1.807, 2.05) is 30.0 Å². The molecule has 3 atom stereocenters. The standard InChI is InChI=1S/C20H30N2O3/c1-15-14-25-20(18-10-6-4-7-11-18)16(2)22(15)19(24)12-8-5-9-13-21-17(3)23/h4,6-7,10-11,15-16,20H,5,8-9,12-14H2,1-3H3,(H,21,23)/t15-,16+,20-/m1/s1. The van der Waals surface area contributed by atoms with Crippen LogP contribution >= 0.6 is 0 Å². The van der Waals surface area contributed by atoms with Crippen molar-refractivity contribution < 1.29 is 14.3 Å². The second-order valence-corrected chi connectivity index (χ2v) is 6.85. The average molecular weight is 346 g/mol. The number of ether oxygens (including phenoxy) is 1. The summed E-state index contributed by atoms with van der Waals surface area (Å²) in [6.45, 7) is 6.89. The molecule has 0 aromatic heterocycles. The van der Waals surface area contributed by atoms with Crippen LogP contribution in [-0.4, -0.2) is 41.9 Å². The van der Waals surface area contributed by atoms with Gasteiger partial charge in [0.15, 0.2) is 0 Å². The van der Waals surface area contributed by atoms with Gasteiger partial charge >= 0.3 is 0 Å². The van der Waals surface area contributed by atoms with E-state index in [1.165, 1.54) is 6.92 Å². The Morgan fingerprint density at radius 3 is 2.56 bits per heavy atom. The summed E-state index contributed by atoms with van der Waals surface area (Å²) in [6, 6.07) is 10.2. The van der Waals surface area contributed by atoms with Gasteiger partial charge in [0, 0.05) is 19.9 Å². The van der Waals surface area contributed by atoms with Crippen LogP contribution in [0.5, 0.6) is 0 Å². The van der Waals surface area contributed by atoms with E-state index in [9.17, 15) is 9.59 Å². The highest BCUT2D eigenvalue weighted by molar-refractivity contribution is 5.77. The number of benzene rings is 1. The average Bonchev–Trinajstić information content (AvgIpc) is 2.58. The Balaban J connectivity index is 1.85. The van der Waals surface area contributed by atoms with Crippen molar-refractivity contribution in [2.24, 2.45) is 0 Å². The molecule has 0 spiro atoms. The van der Waals surface area contributed by atoms with E-state index in [1.54, 1.807) is 0 Å². The summed E-state index contributed by atoms with van der Waals surface area (Å²) >= 11 is 0. The first-order valence-corrected chi connectivity index (χ1v) is 9.23. The summed E-state index contributed by atoms with van der Waals surface area (Å²) in [5, 5.41) is 2.78. The van der Waals surface area contributed by atoms with Crippen LogP contribution in [0, 0.1) is 0 Å². The molecule has 1 aromatic rings. The first-order chi connectivity index (χ1) is 12.0. The number of morpholine rings is 1. The first kappa shape index (κ1) is 19.4. The van der Waals surface area contributed by atoms with Crippen molar-refractivity contribution in [2.45, 2.75) is 64.6 Å². The number of amides is 2. The Bertz CT molecular complexity index is 561. The Hall–Kier alpha value is -1.88. The predicted octanol–water partition coefficient (Wildman–Crippen LogP) is 3.06. The number of nitrogens with one attached hydrogen (secondary N) is 1. The third-order valence-electron chi connectivity index (χ3n) is 4.73. The van der Waals surface area contributed by atoms with Gasteiger partial charge in [0.2, 0.25) is 11.8 Å². The molecule has 1 aliphatic rings. The fraction of sp³-hybridized carbons (Fsp3) is 0.600. The Morgan fingerprint density at radius 1 is 1.16 bits per heavy atom. The minimum Gasteiger partial charge on any atom is -0.369 e. The van der Waals surface area contributed by atoms with Crippen molar-refractivity contribution in [3.63, 3.8) is 0 Å². The fourth-order valence-electron chi connectivity index (χ4n) is 3.47. The van der Waals surface area contributed by atoms with Gasteiger partial charge in [-0.05, 0) is 32.3 Å². The van der Waals surface area contributed by atoms with Gasteiger partial charge in [0.25, 0.3) is 0 Å². The lowest BCUT2D eigenvalue weighted by Crippen LogP contribution is -2.53. The van der Waals surface area contributed by atoms with Gasteiger partial charge < -0.3 is 15.0 Å². The van der Waals surface area contributed by atoms with Crippen molar-refractivity contribution in [2.75, 3.05) is 13.2 Å². The monoisotopic (exact) mass is 346 g/mol. The third-order valence-corrected chi connectivity index (χ3v) is 4.73. The number of hydrogen-bond acceptors (Lipinski definition) is 3. The highest BCUT2D eigenvalue weighted by Crippen LogP contribution is 2.31. The zero-order valence-corrected chi connectivity index (χ0v) is 15.5. The van der Waals surface area contributed by atoms with E-state index in [0.717, 1.165) is 24.8 Å². The lowest BCUT2D eigenvalue weighted by atomic mass is 9.98. The van der Waals surface area contributed by atoms with Gasteiger partial charge in [-0.1, -0.05) is 36.8 Å².